The van der Waals surface area contributed by atoms with Gasteiger partial charge in [0, 0.05) is 6.61 Å². The van der Waals surface area contributed by atoms with Crippen molar-refractivity contribution in [3.05, 3.63) is 36.4 Å². The largest absolute Gasteiger partial charge is 0.494 e. The van der Waals surface area contributed by atoms with Crippen LogP contribution in [0.15, 0.2) is 30.8 Å². The summed E-state index contributed by atoms with van der Waals surface area (Å²) in [7, 11) is 0. The first-order valence-corrected chi connectivity index (χ1v) is 7.83. The van der Waals surface area contributed by atoms with Crippen LogP contribution in [0.4, 0.5) is 0 Å². The third-order valence-corrected chi connectivity index (χ3v) is 3.44. The van der Waals surface area contributed by atoms with E-state index in [2.05, 4.69) is 6.58 Å². The van der Waals surface area contributed by atoms with Crippen molar-refractivity contribution in [3.63, 3.8) is 0 Å². The normalized spacial score (nSPS) is 10.4. The number of rotatable bonds is 12. The highest BCUT2D eigenvalue weighted by Gasteiger charge is 1.95. The van der Waals surface area contributed by atoms with Crippen LogP contribution in [0.2, 0.25) is 0 Å². The number of hydrogen-bond donors (Lipinski definition) is 1. The van der Waals surface area contributed by atoms with Gasteiger partial charge >= 0.3 is 0 Å². The Morgan fingerprint density at radius 2 is 1.40 bits per heavy atom. The molecule has 1 aromatic carbocycles. The van der Waals surface area contributed by atoms with E-state index in [0.717, 1.165) is 30.8 Å². The van der Waals surface area contributed by atoms with E-state index in [1.165, 1.54) is 38.5 Å². The van der Waals surface area contributed by atoms with E-state index in [1.807, 2.05) is 30.3 Å². The average molecular weight is 276 g/mol. The number of aliphatic hydroxyl groups is 1. The van der Waals surface area contributed by atoms with Crippen molar-refractivity contribution in [3.8, 4) is 5.75 Å². The van der Waals surface area contributed by atoms with Gasteiger partial charge in [0.1, 0.15) is 5.75 Å². The molecule has 0 aliphatic heterocycles. The minimum atomic E-state index is 0.338. The molecule has 0 radical (unpaired) electrons. The van der Waals surface area contributed by atoms with Gasteiger partial charge in [-0.15, -0.1) is 0 Å². The Labute approximate surface area is 123 Å². The Balaban J connectivity index is 1.92. The van der Waals surface area contributed by atoms with Crippen LogP contribution in [0.25, 0.3) is 6.08 Å². The molecule has 0 bridgehead atoms. The first kappa shape index (κ1) is 16.8. The van der Waals surface area contributed by atoms with E-state index in [0.29, 0.717) is 6.61 Å². The smallest absolute Gasteiger partial charge is 0.119 e. The molecule has 0 aliphatic carbocycles. The van der Waals surface area contributed by atoms with Crippen molar-refractivity contribution in [2.75, 3.05) is 13.2 Å². The summed E-state index contributed by atoms with van der Waals surface area (Å²) in [4.78, 5) is 0. The van der Waals surface area contributed by atoms with Crippen molar-refractivity contribution in [1.29, 1.82) is 0 Å². The third-order valence-electron chi connectivity index (χ3n) is 3.44. The van der Waals surface area contributed by atoms with Crippen LogP contribution in [-0.2, 0) is 0 Å². The second-order valence-electron chi connectivity index (χ2n) is 5.17. The van der Waals surface area contributed by atoms with Crippen molar-refractivity contribution in [1.82, 2.24) is 0 Å². The summed E-state index contributed by atoms with van der Waals surface area (Å²) >= 11 is 0. The Hall–Kier alpha value is -1.28. The lowest BCUT2D eigenvalue weighted by atomic mass is 10.1. The van der Waals surface area contributed by atoms with Crippen LogP contribution in [-0.4, -0.2) is 18.3 Å². The standard InChI is InChI=1S/C18H28O2/c1-2-17-11-13-18(14-12-17)20-16-10-8-6-4-3-5-7-9-15-19/h2,11-14,19H,1,3-10,15-16H2. The van der Waals surface area contributed by atoms with E-state index in [-0.39, 0.29) is 0 Å². The molecule has 1 N–H and O–H groups in total. The summed E-state index contributed by atoms with van der Waals surface area (Å²) in [5, 5.41) is 8.67. The zero-order chi connectivity index (χ0) is 14.5. The van der Waals surface area contributed by atoms with E-state index in [4.69, 9.17) is 9.84 Å². The SMILES string of the molecule is C=Cc1ccc(OCCCCCCCCCCO)cc1. The predicted octanol–water partition coefficient (Wildman–Crippen LogP) is 4.82. The van der Waals surface area contributed by atoms with E-state index < -0.39 is 0 Å². The molecule has 0 heterocycles. The zero-order valence-corrected chi connectivity index (χ0v) is 12.5. The lowest BCUT2D eigenvalue weighted by Crippen LogP contribution is -1.97. The fourth-order valence-electron chi connectivity index (χ4n) is 2.16. The number of benzene rings is 1. The first-order valence-electron chi connectivity index (χ1n) is 7.83. The van der Waals surface area contributed by atoms with Crippen molar-refractivity contribution < 1.29 is 9.84 Å². The molecule has 0 amide bonds. The lowest BCUT2D eigenvalue weighted by molar-refractivity contribution is 0.282. The molecule has 0 aromatic heterocycles. The van der Waals surface area contributed by atoms with Gasteiger partial charge in [-0.3, -0.25) is 0 Å². The molecule has 2 nitrogen and oxygen atoms in total. The molecule has 112 valence electrons. The third kappa shape index (κ3) is 8.00. The molecule has 2 heteroatoms. The molecule has 0 spiro atoms. The number of unbranched alkanes of at least 4 members (excludes halogenated alkanes) is 7. The molecule has 1 aromatic rings. The Morgan fingerprint density at radius 3 is 1.95 bits per heavy atom. The molecule has 0 aliphatic rings. The highest BCUT2D eigenvalue weighted by Crippen LogP contribution is 2.14. The van der Waals surface area contributed by atoms with Gasteiger partial charge in [-0.25, -0.2) is 0 Å². The molecule has 0 unspecified atom stereocenters. The van der Waals surface area contributed by atoms with Gasteiger partial charge < -0.3 is 9.84 Å². The molecule has 20 heavy (non-hydrogen) atoms. The van der Waals surface area contributed by atoms with E-state index >= 15 is 0 Å². The summed E-state index contributed by atoms with van der Waals surface area (Å²) < 4.78 is 5.70. The summed E-state index contributed by atoms with van der Waals surface area (Å²) in [5.74, 6) is 0.944. The zero-order valence-electron chi connectivity index (χ0n) is 12.5. The summed E-state index contributed by atoms with van der Waals surface area (Å²) in [6, 6.07) is 8.04. The van der Waals surface area contributed by atoms with Crippen LogP contribution < -0.4 is 4.74 Å². The highest BCUT2D eigenvalue weighted by atomic mass is 16.5. The van der Waals surface area contributed by atoms with Crippen LogP contribution in [0, 0.1) is 0 Å². The second-order valence-corrected chi connectivity index (χ2v) is 5.17. The van der Waals surface area contributed by atoms with Crippen molar-refractivity contribution >= 4 is 6.08 Å². The van der Waals surface area contributed by atoms with Crippen LogP contribution in [0.3, 0.4) is 0 Å². The molecule has 0 saturated carbocycles. The van der Waals surface area contributed by atoms with Crippen LogP contribution in [0.5, 0.6) is 5.75 Å². The monoisotopic (exact) mass is 276 g/mol. The molecular formula is C18H28O2. The van der Waals surface area contributed by atoms with Crippen molar-refractivity contribution in [2.24, 2.45) is 0 Å². The maximum atomic E-state index is 8.67. The minimum Gasteiger partial charge on any atom is -0.494 e. The molecular weight excluding hydrogens is 248 g/mol. The molecule has 0 atom stereocenters. The summed E-state index contributed by atoms with van der Waals surface area (Å²) in [6.45, 7) is 4.88. The van der Waals surface area contributed by atoms with Gasteiger partial charge in [0.15, 0.2) is 0 Å². The Bertz CT molecular complexity index is 343. The summed E-state index contributed by atoms with van der Waals surface area (Å²) in [5.41, 5.74) is 1.12. The van der Waals surface area contributed by atoms with Gasteiger partial charge in [0.05, 0.1) is 6.61 Å². The summed E-state index contributed by atoms with van der Waals surface area (Å²) in [6.07, 6.45) is 11.5. The Kier molecular flexibility index (Phi) is 9.68. The van der Waals surface area contributed by atoms with Gasteiger partial charge in [-0.05, 0) is 30.5 Å². The van der Waals surface area contributed by atoms with Crippen molar-refractivity contribution in [2.45, 2.75) is 51.4 Å². The average Bonchev–Trinajstić information content (AvgIpc) is 2.50. The number of ether oxygens (including phenoxy) is 1. The molecule has 0 fully saturated rings. The van der Waals surface area contributed by atoms with Gasteiger partial charge in [0.2, 0.25) is 0 Å². The lowest BCUT2D eigenvalue weighted by Gasteiger charge is -2.06. The quantitative estimate of drug-likeness (QED) is 0.554. The molecule has 0 saturated heterocycles. The van der Waals surface area contributed by atoms with Gasteiger partial charge in [-0.2, -0.15) is 0 Å². The fourth-order valence-corrected chi connectivity index (χ4v) is 2.16. The maximum absolute atomic E-state index is 8.67. The van der Waals surface area contributed by atoms with Crippen LogP contribution in [0.1, 0.15) is 56.9 Å². The predicted molar refractivity (Wildman–Crippen MR) is 86.0 cm³/mol. The van der Waals surface area contributed by atoms with Gasteiger partial charge in [-0.1, -0.05) is 63.3 Å². The van der Waals surface area contributed by atoms with E-state index in [9.17, 15) is 0 Å². The number of hydrogen-bond acceptors (Lipinski definition) is 2. The second kappa shape index (κ2) is 11.5. The highest BCUT2D eigenvalue weighted by molar-refractivity contribution is 5.48. The van der Waals surface area contributed by atoms with Gasteiger partial charge in [0.25, 0.3) is 0 Å². The fraction of sp³-hybridized carbons (Fsp3) is 0.556. The first-order chi connectivity index (χ1) is 9.86. The maximum Gasteiger partial charge on any atom is 0.119 e. The Morgan fingerprint density at radius 1 is 0.850 bits per heavy atom. The number of aliphatic hydroxyl groups excluding tert-OH is 1. The van der Waals surface area contributed by atoms with Crippen LogP contribution >= 0.6 is 0 Å². The minimum absolute atomic E-state index is 0.338. The topological polar surface area (TPSA) is 29.5 Å². The molecule has 1 rings (SSSR count). The van der Waals surface area contributed by atoms with E-state index in [1.54, 1.807) is 0 Å².